The van der Waals surface area contributed by atoms with Crippen LogP contribution >= 0.6 is 0 Å². The lowest BCUT2D eigenvalue weighted by atomic mass is 10.1. The number of esters is 2. The van der Waals surface area contributed by atoms with E-state index in [1.807, 2.05) is 32.0 Å². The quantitative estimate of drug-likeness (QED) is 0.456. The Hall–Kier alpha value is -2.62. The lowest BCUT2D eigenvalue weighted by Gasteiger charge is -2.08. The summed E-state index contributed by atoms with van der Waals surface area (Å²) in [4.78, 5) is 23.9. The summed E-state index contributed by atoms with van der Waals surface area (Å²) in [5, 5.41) is 0. The van der Waals surface area contributed by atoms with Crippen molar-refractivity contribution in [3.63, 3.8) is 0 Å². The fourth-order valence-corrected chi connectivity index (χ4v) is 1.96. The first-order valence-electron chi connectivity index (χ1n) is 7.67. The van der Waals surface area contributed by atoms with E-state index in [-0.39, 0.29) is 5.97 Å². The van der Waals surface area contributed by atoms with Gasteiger partial charge in [0.25, 0.3) is 0 Å². The molecule has 2 aromatic rings. The van der Waals surface area contributed by atoms with Crippen LogP contribution in [0.15, 0.2) is 48.5 Å². The molecule has 0 atom stereocenters. The Morgan fingerprint density at radius 1 is 0.913 bits per heavy atom. The maximum absolute atomic E-state index is 12.1. The van der Waals surface area contributed by atoms with Crippen LogP contribution in [0.3, 0.4) is 0 Å². The minimum atomic E-state index is -0.454. The van der Waals surface area contributed by atoms with Gasteiger partial charge in [0, 0.05) is 0 Å². The summed E-state index contributed by atoms with van der Waals surface area (Å²) in [7, 11) is 0. The van der Waals surface area contributed by atoms with Crippen LogP contribution in [-0.2, 0) is 4.74 Å². The van der Waals surface area contributed by atoms with Crippen molar-refractivity contribution in [2.45, 2.75) is 26.7 Å². The Morgan fingerprint density at radius 2 is 1.52 bits per heavy atom. The van der Waals surface area contributed by atoms with E-state index in [4.69, 9.17) is 9.47 Å². The van der Waals surface area contributed by atoms with Crippen molar-refractivity contribution >= 4 is 11.9 Å². The number of aryl methyl sites for hydroxylation is 1. The lowest BCUT2D eigenvalue weighted by molar-refractivity contribution is 0.0499. The number of rotatable bonds is 6. The number of hydrogen-bond acceptors (Lipinski definition) is 4. The second-order valence-corrected chi connectivity index (χ2v) is 5.22. The van der Waals surface area contributed by atoms with Crippen molar-refractivity contribution in [1.82, 2.24) is 0 Å². The van der Waals surface area contributed by atoms with Gasteiger partial charge in [0.2, 0.25) is 0 Å². The molecule has 0 saturated heterocycles. The number of unbranched alkanes of at least 4 members (excludes halogenated alkanes) is 1. The molecule has 0 unspecified atom stereocenters. The summed E-state index contributed by atoms with van der Waals surface area (Å²) < 4.78 is 10.5. The van der Waals surface area contributed by atoms with Gasteiger partial charge in [-0.1, -0.05) is 31.5 Å². The summed E-state index contributed by atoms with van der Waals surface area (Å²) in [6.07, 6.45) is 1.81. The van der Waals surface area contributed by atoms with E-state index in [1.54, 1.807) is 30.3 Å². The van der Waals surface area contributed by atoms with Gasteiger partial charge in [-0.05, 0) is 49.2 Å². The zero-order valence-electron chi connectivity index (χ0n) is 13.4. The monoisotopic (exact) mass is 312 g/mol. The van der Waals surface area contributed by atoms with Crippen molar-refractivity contribution in [2.24, 2.45) is 0 Å². The molecular formula is C19H20O4. The summed E-state index contributed by atoms with van der Waals surface area (Å²) in [5.74, 6) is -0.303. The standard InChI is InChI=1S/C19H20O4/c1-3-4-13-22-18(20)15-9-11-16(12-10-15)19(21)23-17-8-6-5-7-14(17)2/h5-12H,3-4,13H2,1-2H3. The van der Waals surface area contributed by atoms with Crippen LogP contribution < -0.4 is 4.74 Å². The molecule has 0 radical (unpaired) electrons. The van der Waals surface area contributed by atoms with Crippen LogP contribution in [0.4, 0.5) is 0 Å². The number of ether oxygens (including phenoxy) is 2. The van der Waals surface area contributed by atoms with Crippen molar-refractivity contribution < 1.29 is 19.1 Å². The molecule has 0 aliphatic heterocycles. The normalized spacial score (nSPS) is 10.2. The highest BCUT2D eigenvalue weighted by Gasteiger charge is 2.12. The first-order valence-corrected chi connectivity index (χ1v) is 7.67. The van der Waals surface area contributed by atoms with Gasteiger partial charge in [0.15, 0.2) is 0 Å². The van der Waals surface area contributed by atoms with E-state index in [0.717, 1.165) is 18.4 Å². The number of hydrogen-bond donors (Lipinski definition) is 0. The fraction of sp³-hybridized carbons (Fsp3) is 0.263. The average Bonchev–Trinajstić information content (AvgIpc) is 2.57. The molecule has 0 spiro atoms. The maximum Gasteiger partial charge on any atom is 0.343 e. The van der Waals surface area contributed by atoms with Gasteiger partial charge >= 0.3 is 11.9 Å². The highest BCUT2D eigenvalue weighted by Crippen LogP contribution is 2.18. The molecule has 0 fully saturated rings. The van der Waals surface area contributed by atoms with Gasteiger partial charge in [-0.2, -0.15) is 0 Å². The Morgan fingerprint density at radius 3 is 2.13 bits per heavy atom. The first-order chi connectivity index (χ1) is 11.1. The minimum Gasteiger partial charge on any atom is -0.462 e. The SMILES string of the molecule is CCCCOC(=O)c1ccc(C(=O)Oc2ccccc2C)cc1. The van der Waals surface area contributed by atoms with E-state index < -0.39 is 5.97 Å². The summed E-state index contributed by atoms with van der Waals surface area (Å²) >= 11 is 0. The van der Waals surface area contributed by atoms with Gasteiger partial charge < -0.3 is 9.47 Å². The number of carbonyl (C=O) groups excluding carboxylic acids is 2. The third kappa shape index (κ3) is 4.68. The molecule has 120 valence electrons. The smallest absolute Gasteiger partial charge is 0.343 e. The molecule has 4 nitrogen and oxygen atoms in total. The first kappa shape index (κ1) is 16.7. The van der Waals surface area contributed by atoms with Crippen LogP contribution in [0.1, 0.15) is 46.0 Å². The number of para-hydroxylation sites is 1. The third-order valence-electron chi connectivity index (χ3n) is 3.38. The van der Waals surface area contributed by atoms with Gasteiger partial charge in [-0.15, -0.1) is 0 Å². The van der Waals surface area contributed by atoms with Gasteiger partial charge in [0.05, 0.1) is 17.7 Å². The molecule has 0 aliphatic rings. The summed E-state index contributed by atoms with van der Waals surface area (Å²) in [6.45, 7) is 4.31. The predicted molar refractivity (Wildman–Crippen MR) is 87.8 cm³/mol. The largest absolute Gasteiger partial charge is 0.462 e. The number of carbonyl (C=O) groups is 2. The second-order valence-electron chi connectivity index (χ2n) is 5.22. The molecule has 0 aliphatic carbocycles. The van der Waals surface area contributed by atoms with Crippen molar-refractivity contribution in [3.05, 3.63) is 65.2 Å². The Kier molecular flexibility index (Phi) is 5.92. The highest BCUT2D eigenvalue weighted by atomic mass is 16.5. The Balaban J connectivity index is 2.00. The lowest BCUT2D eigenvalue weighted by Crippen LogP contribution is -2.10. The molecule has 0 saturated carbocycles. The zero-order valence-corrected chi connectivity index (χ0v) is 13.4. The fourth-order valence-electron chi connectivity index (χ4n) is 1.96. The van der Waals surface area contributed by atoms with Crippen LogP contribution in [0.5, 0.6) is 5.75 Å². The highest BCUT2D eigenvalue weighted by molar-refractivity contribution is 5.94. The summed E-state index contributed by atoms with van der Waals surface area (Å²) in [5.41, 5.74) is 1.70. The Bertz CT molecular complexity index is 674. The van der Waals surface area contributed by atoms with Gasteiger partial charge in [-0.25, -0.2) is 9.59 Å². The van der Waals surface area contributed by atoms with E-state index in [2.05, 4.69) is 0 Å². The molecular weight excluding hydrogens is 292 g/mol. The molecule has 2 aromatic carbocycles. The molecule has 4 heteroatoms. The van der Waals surface area contributed by atoms with Gasteiger partial charge in [0.1, 0.15) is 5.75 Å². The van der Waals surface area contributed by atoms with E-state index in [0.29, 0.717) is 23.5 Å². The van der Waals surface area contributed by atoms with Crippen LogP contribution in [0.25, 0.3) is 0 Å². The predicted octanol–water partition coefficient (Wildman–Crippen LogP) is 4.17. The average molecular weight is 312 g/mol. The van der Waals surface area contributed by atoms with E-state index >= 15 is 0 Å². The maximum atomic E-state index is 12.1. The molecule has 0 N–H and O–H groups in total. The van der Waals surface area contributed by atoms with Crippen molar-refractivity contribution in [1.29, 1.82) is 0 Å². The van der Waals surface area contributed by atoms with Crippen LogP contribution in [0, 0.1) is 6.92 Å². The molecule has 0 bridgehead atoms. The van der Waals surface area contributed by atoms with Crippen molar-refractivity contribution in [2.75, 3.05) is 6.61 Å². The van der Waals surface area contributed by atoms with Crippen LogP contribution in [0.2, 0.25) is 0 Å². The third-order valence-corrected chi connectivity index (χ3v) is 3.38. The van der Waals surface area contributed by atoms with E-state index in [9.17, 15) is 9.59 Å². The van der Waals surface area contributed by atoms with Crippen molar-refractivity contribution in [3.8, 4) is 5.75 Å². The molecule has 23 heavy (non-hydrogen) atoms. The zero-order chi connectivity index (χ0) is 16.7. The molecule has 0 amide bonds. The molecule has 2 rings (SSSR count). The second kappa shape index (κ2) is 8.13. The Labute approximate surface area is 136 Å². The topological polar surface area (TPSA) is 52.6 Å². The summed E-state index contributed by atoms with van der Waals surface area (Å²) in [6, 6.07) is 13.6. The molecule has 0 aromatic heterocycles. The number of benzene rings is 2. The van der Waals surface area contributed by atoms with Gasteiger partial charge in [-0.3, -0.25) is 0 Å². The minimum absolute atomic E-state index is 0.378. The van der Waals surface area contributed by atoms with E-state index in [1.165, 1.54) is 0 Å². The van der Waals surface area contributed by atoms with Crippen LogP contribution in [-0.4, -0.2) is 18.5 Å². The molecule has 0 heterocycles.